The second-order valence-corrected chi connectivity index (χ2v) is 5.86. The highest BCUT2D eigenvalue weighted by molar-refractivity contribution is 5.76. The minimum atomic E-state index is 0.212. The maximum Gasteiger partial charge on any atom is 0.222 e. The first-order valence-electron chi connectivity index (χ1n) is 7.26. The van der Waals surface area contributed by atoms with E-state index in [1.165, 1.54) is 44.9 Å². The van der Waals surface area contributed by atoms with Crippen LogP contribution in [0.5, 0.6) is 0 Å². The quantitative estimate of drug-likeness (QED) is 0.706. The van der Waals surface area contributed by atoms with E-state index in [2.05, 4.69) is 0 Å². The Labute approximate surface area is 104 Å². The molecule has 2 heterocycles. The number of likely N-dealkylation sites (tertiary alicyclic amines) is 1. The van der Waals surface area contributed by atoms with Gasteiger partial charge < -0.3 is 9.64 Å². The van der Waals surface area contributed by atoms with E-state index in [1.807, 2.05) is 4.90 Å². The van der Waals surface area contributed by atoms with Crippen LogP contribution in [0.25, 0.3) is 0 Å². The maximum atomic E-state index is 11.9. The molecule has 0 aromatic rings. The van der Waals surface area contributed by atoms with Gasteiger partial charge in [-0.3, -0.25) is 4.79 Å². The van der Waals surface area contributed by atoms with Crippen LogP contribution in [0.2, 0.25) is 0 Å². The number of hydrogen-bond donors (Lipinski definition) is 0. The van der Waals surface area contributed by atoms with E-state index in [1.54, 1.807) is 0 Å². The lowest BCUT2D eigenvalue weighted by molar-refractivity contribution is -0.130. The summed E-state index contributed by atoms with van der Waals surface area (Å²) in [5.74, 6) is 0.351. The van der Waals surface area contributed by atoms with Crippen molar-refractivity contribution in [3.05, 3.63) is 0 Å². The summed E-state index contributed by atoms with van der Waals surface area (Å²) in [7, 11) is 0. The first-order chi connectivity index (χ1) is 8.30. The fourth-order valence-electron chi connectivity index (χ4n) is 3.54. The summed E-state index contributed by atoms with van der Waals surface area (Å²) >= 11 is 0. The largest absolute Gasteiger partial charge is 0.366 e. The molecule has 1 amide bonds. The molecule has 0 aromatic heterocycles. The highest BCUT2D eigenvalue weighted by Crippen LogP contribution is 2.49. The summed E-state index contributed by atoms with van der Waals surface area (Å²) in [6.45, 7) is 1.96. The lowest BCUT2D eigenvalue weighted by Gasteiger charge is -2.18. The average Bonchev–Trinajstić information content (AvgIpc) is 2.83. The zero-order valence-corrected chi connectivity index (χ0v) is 10.6. The van der Waals surface area contributed by atoms with Gasteiger partial charge in [-0.2, -0.15) is 0 Å². The summed E-state index contributed by atoms with van der Waals surface area (Å²) in [4.78, 5) is 13.9. The van der Waals surface area contributed by atoms with Gasteiger partial charge in [-0.15, -0.1) is 0 Å². The fraction of sp³-hybridized carbons (Fsp3) is 0.929. The van der Waals surface area contributed by atoms with Gasteiger partial charge in [-0.1, -0.05) is 19.3 Å². The number of epoxide rings is 1. The molecule has 2 aliphatic heterocycles. The van der Waals surface area contributed by atoms with Gasteiger partial charge in [0.15, 0.2) is 0 Å². The van der Waals surface area contributed by atoms with Crippen molar-refractivity contribution in [2.75, 3.05) is 13.1 Å². The molecule has 1 unspecified atom stereocenters. The molecule has 1 atom stereocenters. The van der Waals surface area contributed by atoms with Crippen molar-refractivity contribution in [2.45, 2.75) is 69.5 Å². The monoisotopic (exact) mass is 237 g/mol. The van der Waals surface area contributed by atoms with Crippen LogP contribution in [0.15, 0.2) is 0 Å². The van der Waals surface area contributed by atoms with Gasteiger partial charge in [0.05, 0.1) is 11.7 Å². The third kappa shape index (κ3) is 2.35. The number of carbonyl (C=O) groups excluding carboxylic acids is 1. The number of ether oxygens (including phenoxy) is 1. The zero-order valence-electron chi connectivity index (χ0n) is 10.6. The van der Waals surface area contributed by atoms with E-state index in [0.717, 1.165) is 19.5 Å². The number of carbonyl (C=O) groups is 1. The Balaban J connectivity index is 1.42. The van der Waals surface area contributed by atoms with Crippen LogP contribution in [-0.4, -0.2) is 35.6 Å². The lowest BCUT2D eigenvalue weighted by atomic mass is 9.85. The van der Waals surface area contributed by atoms with Gasteiger partial charge in [0.25, 0.3) is 0 Å². The van der Waals surface area contributed by atoms with E-state index >= 15 is 0 Å². The Morgan fingerprint density at radius 1 is 1.12 bits per heavy atom. The van der Waals surface area contributed by atoms with Crippen molar-refractivity contribution < 1.29 is 9.53 Å². The molecule has 0 radical (unpaired) electrons. The molecule has 96 valence electrons. The van der Waals surface area contributed by atoms with Gasteiger partial charge in [0.1, 0.15) is 0 Å². The molecule has 1 aliphatic carbocycles. The molecule has 0 N–H and O–H groups in total. The number of rotatable bonds is 3. The summed E-state index contributed by atoms with van der Waals surface area (Å²) in [5, 5.41) is 0. The predicted molar refractivity (Wildman–Crippen MR) is 65.7 cm³/mol. The molecule has 3 nitrogen and oxygen atoms in total. The van der Waals surface area contributed by atoms with Crippen molar-refractivity contribution in [1.82, 2.24) is 4.90 Å². The molecule has 1 saturated carbocycles. The van der Waals surface area contributed by atoms with E-state index < -0.39 is 0 Å². The van der Waals surface area contributed by atoms with Crippen LogP contribution < -0.4 is 0 Å². The molecule has 3 heteroatoms. The van der Waals surface area contributed by atoms with Crippen LogP contribution >= 0.6 is 0 Å². The lowest BCUT2D eigenvalue weighted by Crippen LogP contribution is -2.28. The van der Waals surface area contributed by atoms with Crippen molar-refractivity contribution in [3.63, 3.8) is 0 Å². The van der Waals surface area contributed by atoms with Crippen molar-refractivity contribution in [1.29, 1.82) is 0 Å². The zero-order chi connectivity index (χ0) is 11.7. The molecule has 2 saturated heterocycles. The van der Waals surface area contributed by atoms with Gasteiger partial charge in [0.2, 0.25) is 5.91 Å². The summed E-state index contributed by atoms with van der Waals surface area (Å²) in [6, 6.07) is 0. The van der Waals surface area contributed by atoms with Crippen LogP contribution in [0, 0.1) is 0 Å². The topological polar surface area (TPSA) is 32.8 Å². The van der Waals surface area contributed by atoms with Gasteiger partial charge in [-0.25, -0.2) is 0 Å². The Hall–Kier alpha value is -0.570. The Morgan fingerprint density at radius 2 is 1.82 bits per heavy atom. The third-order valence-electron chi connectivity index (χ3n) is 4.69. The highest BCUT2D eigenvalue weighted by atomic mass is 16.6. The van der Waals surface area contributed by atoms with Gasteiger partial charge >= 0.3 is 0 Å². The van der Waals surface area contributed by atoms with Crippen LogP contribution in [0.3, 0.4) is 0 Å². The van der Waals surface area contributed by atoms with Crippen LogP contribution in [0.1, 0.15) is 57.8 Å². The van der Waals surface area contributed by atoms with Gasteiger partial charge in [0, 0.05) is 19.5 Å². The third-order valence-corrected chi connectivity index (χ3v) is 4.69. The van der Waals surface area contributed by atoms with Gasteiger partial charge in [-0.05, 0) is 32.1 Å². The smallest absolute Gasteiger partial charge is 0.222 e. The SMILES string of the molecule is O=C(CCC1OC12CCCCC2)N1CCCC1. The summed E-state index contributed by atoms with van der Waals surface area (Å²) in [6.07, 6.45) is 10.9. The van der Waals surface area contributed by atoms with E-state index in [0.29, 0.717) is 18.4 Å². The number of hydrogen-bond acceptors (Lipinski definition) is 2. The standard InChI is InChI=1S/C14H23NO2/c16-13(15-10-4-5-11-15)7-6-12-14(17-12)8-2-1-3-9-14/h12H,1-11H2. The Morgan fingerprint density at radius 3 is 2.53 bits per heavy atom. The second kappa shape index (κ2) is 4.60. The van der Waals surface area contributed by atoms with Crippen LogP contribution in [-0.2, 0) is 9.53 Å². The van der Waals surface area contributed by atoms with Crippen molar-refractivity contribution >= 4 is 5.91 Å². The highest BCUT2D eigenvalue weighted by Gasteiger charge is 2.55. The fourth-order valence-corrected chi connectivity index (χ4v) is 3.54. The molecule has 3 fully saturated rings. The molecule has 0 aromatic carbocycles. The van der Waals surface area contributed by atoms with Crippen molar-refractivity contribution in [3.8, 4) is 0 Å². The summed E-state index contributed by atoms with van der Waals surface area (Å²) < 4.78 is 5.89. The predicted octanol–water partition coefficient (Wildman–Crippen LogP) is 2.49. The van der Waals surface area contributed by atoms with E-state index in [-0.39, 0.29) is 5.60 Å². The number of nitrogens with zero attached hydrogens (tertiary/aromatic N) is 1. The molecule has 1 spiro atoms. The molecular formula is C14H23NO2. The minimum Gasteiger partial charge on any atom is -0.366 e. The first kappa shape index (κ1) is 11.5. The Bertz CT molecular complexity index is 291. The average molecular weight is 237 g/mol. The van der Waals surface area contributed by atoms with E-state index in [9.17, 15) is 4.79 Å². The first-order valence-corrected chi connectivity index (χ1v) is 7.26. The van der Waals surface area contributed by atoms with Crippen LogP contribution in [0.4, 0.5) is 0 Å². The molecule has 0 bridgehead atoms. The minimum absolute atomic E-state index is 0.212. The molecular weight excluding hydrogens is 214 g/mol. The maximum absolute atomic E-state index is 11.9. The molecule has 17 heavy (non-hydrogen) atoms. The molecule has 3 aliphatic rings. The normalized spacial score (nSPS) is 30.8. The van der Waals surface area contributed by atoms with E-state index in [4.69, 9.17) is 4.74 Å². The molecule has 3 rings (SSSR count). The summed E-state index contributed by atoms with van der Waals surface area (Å²) in [5.41, 5.74) is 0.212. The Kier molecular flexibility index (Phi) is 3.12. The second-order valence-electron chi connectivity index (χ2n) is 5.86. The van der Waals surface area contributed by atoms with Crippen molar-refractivity contribution in [2.24, 2.45) is 0 Å². The number of amides is 1.